The van der Waals surface area contributed by atoms with Crippen molar-refractivity contribution in [1.82, 2.24) is 10.6 Å². The lowest BCUT2D eigenvalue weighted by Crippen LogP contribution is -2.47. The average Bonchev–Trinajstić information content (AvgIpc) is 3.26. The molecule has 2 bridgehead atoms. The second-order valence-electron chi connectivity index (χ2n) is 6.67. The van der Waals surface area contributed by atoms with Gasteiger partial charge in [0.05, 0.1) is 5.56 Å². The average molecular weight is 333 g/mol. The van der Waals surface area contributed by atoms with E-state index in [9.17, 15) is 4.79 Å². The fourth-order valence-electron chi connectivity index (χ4n) is 3.71. The molecule has 2 N–H and O–H groups in total. The van der Waals surface area contributed by atoms with Crippen LogP contribution in [0.5, 0.6) is 11.5 Å². The Kier molecular flexibility index (Phi) is 4.12. The maximum atomic E-state index is 12.4. The van der Waals surface area contributed by atoms with Gasteiger partial charge in [-0.2, -0.15) is 5.26 Å². The van der Waals surface area contributed by atoms with Gasteiger partial charge in [-0.25, -0.2) is 0 Å². The van der Waals surface area contributed by atoms with E-state index in [-0.39, 0.29) is 11.9 Å². The molecule has 1 heterocycles. The monoisotopic (exact) mass is 333 g/mol. The molecule has 1 aliphatic heterocycles. The van der Waals surface area contributed by atoms with Crippen LogP contribution in [0, 0.1) is 17.2 Å². The third kappa shape index (κ3) is 3.21. The van der Waals surface area contributed by atoms with E-state index in [1.54, 1.807) is 42.5 Å². The molecule has 4 rings (SSSR count). The molecule has 0 aromatic heterocycles. The number of hydrogen-bond donors (Lipinski definition) is 2. The SMILES string of the molecule is N#Cc1ccccc1Oc1ccc(C(=O)NC2CC3CNC2C3)cc1. The Bertz CT molecular complexity index is 826. The minimum absolute atomic E-state index is 0.0525. The summed E-state index contributed by atoms with van der Waals surface area (Å²) in [5.41, 5.74) is 1.09. The van der Waals surface area contributed by atoms with E-state index >= 15 is 0 Å². The largest absolute Gasteiger partial charge is 0.456 e. The molecule has 0 spiro atoms. The summed E-state index contributed by atoms with van der Waals surface area (Å²) in [7, 11) is 0. The van der Waals surface area contributed by atoms with Crippen LogP contribution in [0.15, 0.2) is 48.5 Å². The van der Waals surface area contributed by atoms with Crippen LogP contribution in [0.2, 0.25) is 0 Å². The van der Waals surface area contributed by atoms with E-state index in [1.807, 2.05) is 6.07 Å². The van der Waals surface area contributed by atoms with Crippen LogP contribution in [0.1, 0.15) is 28.8 Å². The minimum Gasteiger partial charge on any atom is -0.456 e. The summed E-state index contributed by atoms with van der Waals surface area (Å²) < 4.78 is 5.74. The van der Waals surface area contributed by atoms with E-state index in [1.165, 1.54) is 0 Å². The summed E-state index contributed by atoms with van der Waals surface area (Å²) >= 11 is 0. The molecule has 1 saturated carbocycles. The zero-order valence-corrected chi connectivity index (χ0v) is 13.7. The fourth-order valence-corrected chi connectivity index (χ4v) is 3.71. The predicted octanol–water partition coefficient (Wildman–Crippen LogP) is 2.83. The molecule has 2 fully saturated rings. The Morgan fingerprint density at radius 1 is 1.16 bits per heavy atom. The van der Waals surface area contributed by atoms with Crippen molar-refractivity contribution in [2.24, 2.45) is 5.92 Å². The summed E-state index contributed by atoms with van der Waals surface area (Å²) in [4.78, 5) is 12.4. The Morgan fingerprint density at radius 2 is 1.96 bits per heavy atom. The fraction of sp³-hybridized carbons (Fsp3) is 0.300. The number of para-hydroxylation sites is 1. The number of piperidine rings is 1. The third-order valence-electron chi connectivity index (χ3n) is 5.00. The molecule has 2 aromatic rings. The van der Waals surface area contributed by atoms with Crippen LogP contribution in [-0.4, -0.2) is 24.5 Å². The summed E-state index contributed by atoms with van der Waals surface area (Å²) in [5.74, 6) is 1.76. The molecule has 1 amide bonds. The van der Waals surface area contributed by atoms with Crippen molar-refractivity contribution >= 4 is 5.91 Å². The molecule has 2 aliphatic rings. The Labute approximate surface area is 146 Å². The molecule has 0 radical (unpaired) electrons. The lowest BCUT2D eigenvalue weighted by molar-refractivity contribution is 0.0928. The minimum atomic E-state index is -0.0525. The van der Waals surface area contributed by atoms with Gasteiger partial charge < -0.3 is 15.4 Å². The molecule has 3 unspecified atom stereocenters. The van der Waals surface area contributed by atoms with Gasteiger partial charge in [0.2, 0.25) is 0 Å². The normalized spacial score (nSPS) is 23.9. The molecule has 5 heteroatoms. The number of hydrogen-bond acceptors (Lipinski definition) is 4. The van der Waals surface area contributed by atoms with Crippen LogP contribution in [-0.2, 0) is 0 Å². The van der Waals surface area contributed by atoms with Gasteiger partial charge >= 0.3 is 0 Å². The van der Waals surface area contributed by atoms with Crippen LogP contribution < -0.4 is 15.4 Å². The first-order valence-electron chi connectivity index (χ1n) is 8.54. The molecule has 5 nitrogen and oxygen atoms in total. The first-order valence-corrected chi connectivity index (χ1v) is 8.54. The molecular formula is C20H19N3O2. The molecule has 126 valence electrons. The maximum absolute atomic E-state index is 12.4. The van der Waals surface area contributed by atoms with Gasteiger partial charge in [-0.15, -0.1) is 0 Å². The van der Waals surface area contributed by atoms with Crippen molar-refractivity contribution in [1.29, 1.82) is 5.26 Å². The van der Waals surface area contributed by atoms with Crippen LogP contribution in [0.3, 0.4) is 0 Å². The highest BCUT2D eigenvalue weighted by molar-refractivity contribution is 5.94. The number of nitrogens with zero attached hydrogens (tertiary/aromatic N) is 1. The smallest absolute Gasteiger partial charge is 0.251 e. The highest BCUT2D eigenvalue weighted by atomic mass is 16.5. The number of benzene rings is 2. The number of amides is 1. The van der Waals surface area contributed by atoms with Crippen molar-refractivity contribution in [3.63, 3.8) is 0 Å². The maximum Gasteiger partial charge on any atom is 0.251 e. The van der Waals surface area contributed by atoms with E-state index in [4.69, 9.17) is 10.00 Å². The van der Waals surface area contributed by atoms with Gasteiger partial charge in [0.25, 0.3) is 5.91 Å². The number of ether oxygens (including phenoxy) is 1. The van der Waals surface area contributed by atoms with E-state index < -0.39 is 0 Å². The quantitative estimate of drug-likeness (QED) is 0.902. The van der Waals surface area contributed by atoms with Crippen molar-refractivity contribution in [3.05, 3.63) is 59.7 Å². The summed E-state index contributed by atoms with van der Waals surface area (Å²) in [6.45, 7) is 1.08. The number of nitrogens with one attached hydrogen (secondary N) is 2. The number of rotatable bonds is 4. The van der Waals surface area contributed by atoms with Crippen molar-refractivity contribution in [3.8, 4) is 17.6 Å². The van der Waals surface area contributed by atoms with Crippen LogP contribution in [0.4, 0.5) is 0 Å². The van der Waals surface area contributed by atoms with Gasteiger partial charge in [-0.1, -0.05) is 12.1 Å². The third-order valence-corrected chi connectivity index (χ3v) is 5.00. The van der Waals surface area contributed by atoms with Gasteiger partial charge in [0.1, 0.15) is 17.6 Å². The number of nitriles is 1. The topological polar surface area (TPSA) is 74.1 Å². The van der Waals surface area contributed by atoms with Gasteiger partial charge in [0.15, 0.2) is 0 Å². The first kappa shape index (κ1) is 15.7. The Balaban J connectivity index is 1.41. The lowest BCUT2D eigenvalue weighted by atomic mass is 10.1. The summed E-state index contributed by atoms with van der Waals surface area (Å²) in [6.07, 6.45) is 2.23. The molecule has 2 aromatic carbocycles. The first-order chi connectivity index (χ1) is 12.2. The second-order valence-corrected chi connectivity index (χ2v) is 6.67. The summed E-state index contributed by atoms with van der Waals surface area (Å²) in [5, 5.41) is 15.7. The molecule has 1 aliphatic carbocycles. The van der Waals surface area contributed by atoms with Crippen molar-refractivity contribution in [2.45, 2.75) is 24.9 Å². The van der Waals surface area contributed by atoms with Gasteiger partial charge in [0, 0.05) is 17.6 Å². The van der Waals surface area contributed by atoms with Gasteiger partial charge in [-0.3, -0.25) is 4.79 Å². The van der Waals surface area contributed by atoms with Crippen LogP contribution >= 0.6 is 0 Å². The number of fused-ring (bicyclic) bond motifs is 2. The highest BCUT2D eigenvalue weighted by Crippen LogP contribution is 2.31. The van der Waals surface area contributed by atoms with Crippen molar-refractivity contribution < 1.29 is 9.53 Å². The van der Waals surface area contributed by atoms with Crippen molar-refractivity contribution in [2.75, 3.05) is 6.54 Å². The molecule has 3 atom stereocenters. The molecule has 25 heavy (non-hydrogen) atoms. The van der Waals surface area contributed by atoms with Gasteiger partial charge in [-0.05, 0) is 61.7 Å². The standard InChI is InChI=1S/C20H19N3O2/c21-11-15-3-1-2-4-19(15)25-16-7-5-14(6-8-16)20(24)23-18-10-13-9-17(18)22-12-13/h1-8,13,17-18,22H,9-10,12H2,(H,23,24). The molecule has 1 saturated heterocycles. The lowest BCUT2D eigenvalue weighted by Gasteiger charge is -2.24. The molecular weight excluding hydrogens is 314 g/mol. The van der Waals surface area contributed by atoms with E-state index in [0.29, 0.717) is 34.6 Å². The van der Waals surface area contributed by atoms with E-state index in [2.05, 4.69) is 16.7 Å². The Hall–Kier alpha value is -2.84. The zero-order valence-electron chi connectivity index (χ0n) is 13.7. The number of carbonyl (C=O) groups is 1. The second kappa shape index (κ2) is 6.58. The number of carbonyl (C=O) groups excluding carboxylic acids is 1. The zero-order chi connectivity index (χ0) is 17.2. The summed E-state index contributed by atoms with van der Waals surface area (Å²) in [6, 6.07) is 16.8. The van der Waals surface area contributed by atoms with Crippen LogP contribution in [0.25, 0.3) is 0 Å². The predicted molar refractivity (Wildman–Crippen MR) is 93.4 cm³/mol. The Morgan fingerprint density at radius 3 is 2.64 bits per heavy atom. The van der Waals surface area contributed by atoms with E-state index in [0.717, 1.165) is 19.4 Å². The highest BCUT2D eigenvalue weighted by Gasteiger charge is 2.39.